The number of hydrogen-bond donors (Lipinski definition) is 1. The van der Waals surface area contributed by atoms with Crippen molar-refractivity contribution in [2.75, 3.05) is 20.2 Å². The molecule has 3 aliphatic heterocycles. The van der Waals surface area contributed by atoms with E-state index in [2.05, 4.69) is 48.0 Å². The monoisotopic (exact) mass is 415 g/mol. The molecule has 3 aromatic rings. The Morgan fingerprint density at radius 2 is 2.06 bits per heavy atom. The first-order valence-corrected chi connectivity index (χ1v) is 11.3. The molecule has 2 aromatic carbocycles. The molecule has 2 bridgehead atoms. The van der Waals surface area contributed by atoms with E-state index in [1.54, 1.807) is 7.11 Å². The fourth-order valence-corrected chi connectivity index (χ4v) is 6.07. The summed E-state index contributed by atoms with van der Waals surface area (Å²) >= 11 is 0. The summed E-state index contributed by atoms with van der Waals surface area (Å²) in [6.07, 6.45) is 5.65. The van der Waals surface area contributed by atoms with E-state index in [4.69, 9.17) is 4.74 Å². The lowest BCUT2D eigenvalue weighted by Crippen LogP contribution is -2.67. The van der Waals surface area contributed by atoms with Crippen LogP contribution in [0, 0.1) is 11.8 Å². The minimum atomic E-state index is -0.546. The maximum Gasteiger partial charge on any atom is 0.131 e. The molecule has 160 valence electrons. The van der Waals surface area contributed by atoms with Gasteiger partial charge < -0.3 is 14.3 Å². The second kappa shape index (κ2) is 8.10. The van der Waals surface area contributed by atoms with Crippen LogP contribution >= 0.6 is 0 Å². The third kappa shape index (κ3) is 3.54. The van der Waals surface area contributed by atoms with Crippen molar-refractivity contribution in [1.82, 2.24) is 4.98 Å². The number of pyridine rings is 1. The quantitative estimate of drug-likeness (QED) is 0.460. The summed E-state index contributed by atoms with van der Waals surface area (Å²) in [7, 11) is 1.68. The van der Waals surface area contributed by atoms with Crippen molar-refractivity contribution in [3.05, 3.63) is 84.6 Å². The lowest BCUT2D eigenvalue weighted by Gasteiger charge is -2.58. The number of methoxy groups -OCH3 is 1. The number of aromatic nitrogens is 1. The Morgan fingerprint density at radius 3 is 2.84 bits per heavy atom. The zero-order valence-electron chi connectivity index (χ0n) is 18.2. The van der Waals surface area contributed by atoms with Crippen LogP contribution < -0.4 is 4.74 Å². The Hall–Kier alpha value is -2.69. The van der Waals surface area contributed by atoms with Gasteiger partial charge in [-0.15, -0.1) is 6.58 Å². The first-order valence-electron chi connectivity index (χ1n) is 11.3. The average molecular weight is 416 g/mol. The number of benzene rings is 2. The van der Waals surface area contributed by atoms with Crippen LogP contribution in [0.2, 0.25) is 0 Å². The van der Waals surface area contributed by atoms with Gasteiger partial charge in [-0.1, -0.05) is 36.4 Å². The molecule has 4 heterocycles. The van der Waals surface area contributed by atoms with Crippen LogP contribution in [0.3, 0.4) is 0 Å². The highest BCUT2D eigenvalue weighted by Gasteiger charge is 2.53. The maximum atomic E-state index is 11.8. The number of ether oxygens (including phenoxy) is 1. The van der Waals surface area contributed by atoms with Crippen LogP contribution in [-0.4, -0.2) is 40.8 Å². The predicted molar refractivity (Wildman–Crippen MR) is 124 cm³/mol. The van der Waals surface area contributed by atoms with E-state index in [0.29, 0.717) is 11.8 Å². The van der Waals surface area contributed by atoms with Gasteiger partial charge in [-0.3, -0.25) is 4.98 Å². The van der Waals surface area contributed by atoms with Gasteiger partial charge in [0.2, 0.25) is 0 Å². The SMILES string of the molecule is C=C[C@H]1C[N+]2(Cc3ccccc3)CC[C@H]1C[C@@H]2[C@@H](O)c1ccnc2ccc(OC)cc12. The second-order valence-electron chi connectivity index (χ2n) is 9.25. The third-order valence-corrected chi connectivity index (χ3v) is 7.68. The normalized spacial score (nSPS) is 28.4. The van der Waals surface area contributed by atoms with E-state index in [9.17, 15) is 5.11 Å². The van der Waals surface area contributed by atoms with E-state index < -0.39 is 6.10 Å². The molecule has 3 aliphatic rings. The number of hydrogen-bond acceptors (Lipinski definition) is 3. The Kier molecular flexibility index (Phi) is 5.28. The van der Waals surface area contributed by atoms with Crippen molar-refractivity contribution in [2.45, 2.75) is 31.5 Å². The van der Waals surface area contributed by atoms with Crippen LogP contribution in [0.4, 0.5) is 0 Å². The molecule has 3 fully saturated rings. The number of nitrogens with zero attached hydrogens (tertiary/aromatic N) is 2. The van der Waals surface area contributed by atoms with E-state index in [1.165, 1.54) is 12.0 Å². The first kappa shape index (κ1) is 20.2. The van der Waals surface area contributed by atoms with E-state index >= 15 is 0 Å². The highest BCUT2D eigenvalue weighted by Crippen LogP contribution is 2.48. The van der Waals surface area contributed by atoms with E-state index in [1.807, 2.05) is 30.5 Å². The van der Waals surface area contributed by atoms with Gasteiger partial charge in [-0.25, -0.2) is 0 Å². The third-order valence-electron chi connectivity index (χ3n) is 7.68. The van der Waals surface area contributed by atoms with Crippen molar-refractivity contribution in [3.63, 3.8) is 0 Å². The number of fused-ring (bicyclic) bond motifs is 4. The minimum absolute atomic E-state index is 0.159. The molecule has 1 aromatic heterocycles. The van der Waals surface area contributed by atoms with Crippen LogP contribution in [-0.2, 0) is 6.54 Å². The summed E-state index contributed by atoms with van der Waals surface area (Å²) in [5, 5.41) is 12.8. The molecule has 0 amide bonds. The van der Waals surface area contributed by atoms with Crippen molar-refractivity contribution in [1.29, 1.82) is 0 Å². The summed E-state index contributed by atoms with van der Waals surface area (Å²) in [4.78, 5) is 4.52. The summed E-state index contributed by atoms with van der Waals surface area (Å²) in [5.74, 6) is 1.92. The molecule has 4 heteroatoms. The summed E-state index contributed by atoms with van der Waals surface area (Å²) < 4.78 is 6.38. The molecule has 6 rings (SSSR count). The number of aliphatic hydroxyl groups is 1. The lowest BCUT2D eigenvalue weighted by molar-refractivity contribution is -0.984. The molecule has 1 unspecified atom stereocenters. The smallest absolute Gasteiger partial charge is 0.131 e. The molecular formula is C27H31N2O2+. The van der Waals surface area contributed by atoms with Crippen molar-refractivity contribution >= 4 is 10.9 Å². The number of aliphatic hydroxyl groups excluding tert-OH is 1. The van der Waals surface area contributed by atoms with Crippen LogP contribution in [0.5, 0.6) is 5.75 Å². The number of rotatable bonds is 6. The molecule has 5 atom stereocenters. The van der Waals surface area contributed by atoms with Gasteiger partial charge in [0.05, 0.1) is 25.7 Å². The Bertz CT molecular complexity index is 1080. The highest BCUT2D eigenvalue weighted by atomic mass is 16.5. The van der Waals surface area contributed by atoms with Gasteiger partial charge in [-0.2, -0.15) is 0 Å². The van der Waals surface area contributed by atoms with Gasteiger partial charge in [0.25, 0.3) is 0 Å². The van der Waals surface area contributed by atoms with Crippen LogP contribution in [0.25, 0.3) is 10.9 Å². The molecule has 1 N–H and O–H groups in total. The Balaban J connectivity index is 1.56. The van der Waals surface area contributed by atoms with Gasteiger partial charge in [0, 0.05) is 35.9 Å². The standard InChI is InChI=1S/C27H31N2O2/c1-3-20-18-29(17-19-7-5-4-6-8-19)14-12-21(20)15-26(29)27(30)23-11-13-28-25-10-9-22(31-2)16-24(23)25/h3-11,13,16,20-21,26-27,30H,1,12,14-15,17-18H2,2H3/q+1/t20-,21-,26+,27-,29?/m0/s1. The fraction of sp³-hybridized carbons (Fsp3) is 0.370. The second-order valence-corrected chi connectivity index (χ2v) is 9.25. The largest absolute Gasteiger partial charge is 0.497 e. The molecule has 31 heavy (non-hydrogen) atoms. The lowest BCUT2D eigenvalue weighted by atomic mass is 9.71. The fourth-order valence-electron chi connectivity index (χ4n) is 6.07. The van der Waals surface area contributed by atoms with Crippen LogP contribution in [0.1, 0.15) is 30.1 Å². The van der Waals surface area contributed by atoms with E-state index in [-0.39, 0.29) is 6.04 Å². The first-order chi connectivity index (χ1) is 15.1. The number of piperidine rings is 3. The highest BCUT2D eigenvalue weighted by molar-refractivity contribution is 5.83. The topological polar surface area (TPSA) is 42.4 Å². The Labute approximate surface area is 184 Å². The molecule has 0 spiro atoms. The predicted octanol–water partition coefficient (Wildman–Crippen LogP) is 4.89. The minimum Gasteiger partial charge on any atom is -0.497 e. The molecular weight excluding hydrogens is 384 g/mol. The molecule has 3 saturated heterocycles. The molecule has 0 aliphatic carbocycles. The zero-order valence-corrected chi connectivity index (χ0v) is 18.2. The van der Waals surface area contributed by atoms with Crippen LogP contribution in [0.15, 0.2) is 73.4 Å². The van der Waals surface area contributed by atoms with Crippen molar-refractivity contribution < 1.29 is 14.3 Å². The van der Waals surface area contributed by atoms with Gasteiger partial charge in [-0.05, 0) is 35.7 Å². The van der Waals surface area contributed by atoms with Crippen molar-refractivity contribution in [2.24, 2.45) is 11.8 Å². The molecule has 0 saturated carbocycles. The Morgan fingerprint density at radius 1 is 1.23 bits per heavy atom. The molecule has 4 nitrogen and oxygen atoms in total. The van der Waals surface area contributed by atoms with Gasteiger partial charge >= 0.3 is 0 Å². The van der Waals surface area contributed by atoms with Gasteiger partial charge in [0.15, 0.2) is 0 Å². The van der Waals surface area contributed by atoms with Crippen molar-refractivity contribution in [3.8, 4) is 5.75 Å². The average Bonchev–Trinajstić information content (AvgIpc) is 2.83. The van der Waals surface area contributed by atoms with Gasteiger partial charge in [0.1, 0.15) is 24.4 Å². The molecule has 0 radical (unpaired) electrons. The maximum absolute atomic E-state index is 11.8. The number of quaternary nitrogens is 1. The summed E-state index contributed by atoms with van der Waals surface area (Å²) in [5.41, 5.74) is 3.19. The van der Waals surface area contributed by atoms with E-state index in [0.717, 1.165) is 52.8 Å². The summed E-state index contributed by atoms with van der Waals surface area (Å²) in [6.45, 7) is 7.25. The zero-order chi connectivity index (χ0) is 21.4. The summed E-state index contributed by atoms with van der Waals surface area (Å²) in [6, 6.07) is 18.8.